The molecule has 134 valence electrons. The van der Waals surface area contributed by atoms with Gasteiger partial charge in [-0.1, -0.05) is 30.4 Å². The number of nitrogens with zero attached hydrogens (tertiary/aromatic N) is 1. The highest BCUT2D eigenvalue weighted by Crippen LogP contribution is 2.23. The van der Waals surface area contributed by atoms with Crippen molar-refractivity contribution in [3.8, 4) is 11.8 Å². The molecule has 0 radical (unpaired) electrons. The first-order chi connectivity index (χ1) is 11.8. The zero-order valence-electron chi connectivity index (χ0n) is 14.1. The summed E-state index contributed by atoms with van der Waals surface area (Å²) in [4.78, 5) is 0. The largest absolute Gasteiger partial charge is 0.573 e. The summed E-state index contributed by atoms with van der Waals surface area (Å²) in [5.74, 6) is -0.234. The van der Waals surface area contributed by atoms with E-state index in [9.17, 15) is 13.2 Å². The van der Waals surface area contributed by atoms with Crippen molar-refractivity contribution >= 4 is 5.71 Å². The Morgan fingerprint density at radius 3 is 2.72 bits per heavy atom. The van der Waals surface area contributed by atoms with Gasteiger partial charge in [0, 0.05) is 12.1 Å². The van der Waals surface area contributed by atoms with E-state index in [0.717, 1.165) is 24.8 Å². The van der Waals surface area contributed by atoms with Crippen LogP contribution in [0.15, 0.2) is 48.1 Å². The van der Waals surface area contributed by atoms with Crippen molar-refractivity contribution in [3.05, 3.63) is 53.6 Å². The van der Waals surface area contributed by atoms with Gasteiger partial charge in [0.1, 0.15) is 5.75 Å². The Labute approximate surface area is 145 Å². The number of hydrogen-bond acceptors (Lipinski definition) is 3. The van der Waals surface area contributed by atoms with Crippen LogP contribution in [-0.4, -0.2) is 12.1 Å². The third-order valence-electron chi connectivity index (χ3n) is 3.39. The van der Waals surface area contributed by atoms with Crippen molar-refractivity contribution in [2.45, 2.75) is 45.4 Å². The third kappa shape index (κ3) is 9.36. The highest BCUT2D eigenvalue weighted by atomic mass is 19.4. The fraction of sp³-hybridized carbons (Fsp3) is 0.368. The standard InChI is InChI=1S/C19H21F3N2O/c1-15(24)17(10-3-2-6-13-23)11-5-4-8-16-9-7-12-18(14-16)25-19(20,21)22/h4-5,7,9,11-12,14,24H,2-3,6,8,10H2,1H3/b5-4+,17-11-,24-15?. The molecule has 0 aliphatic carbocycles. The number of hydrogen-bond donors (Lipinski definition) is 1. The predicted molar refractivity (Wildman–Crippen MR) is 91.5 cm³/mol. The maximum absolute atomic E-state index is 12.2. The zero-order chi connectivity index (χ0) is 18.7. The van der Waals surface area contributed by atoms with Gasteiger partial charge in [-0.15, -0.1) is 13.2 Å². The highest BCUT2D eigenvalue weighted by molar-refractivity contribution is 5.95. The van der Waals surface area contributed by atoms with Crippen molar-refractivity contribution in [1.29, 1.82) is 10.7 Å². The van der Waals surface area contributed by atoms with Crippen molar-refractivity contribution < 1.29 is 17.9 Å². The van der Waals surface area contributed by atoms with Gasteiger partial charge in [0.15, 0.2) is 0 Å². The lowest BCUT2D eigenvalue weighted by molar-refractivity contribution is -0.274. The molecule has 0 aromatic heterocycles. The molecule has 1 aromatic rings. The van der Waals surface area contributed by atoms with E-state index in [1.165, 1.54) is 18.2 Å². The van der Waals surface area contributed by atoms with Gasteiger partial charge in [0.2, 0.25) is 0 Å². The minimum absolute atomic E-state index is 0.234. The van der Waals surface area contributed by atoms with Crippen molar-refractivity contribution in [3.63, 3.8) is 0 Å². The fourth-order valence-electron chi connectivity index (χ4n) is 2.17. The van der Waals surface area contributed by atoms with E-state index in [4.69, 9.17) is 10.7 Å². The second-order valence-electron chi connectivity index (χ2n) is 5.51. The summed E-state index contributed by atoms with van der Waals surface area (Å²) in [7, 11) is 0. The van der Waals surface area contributed by atoms with Crippen LogP contribution < -0.4 is 4.74 Å². The molecule has 0 bridgehead atoms. The van der Waals surface area contributed by atoms with Crippen LogP contribution in [0.3, 0.4) is 0 Å². The van der Waals surface area contributed by atoms with E-state index in [1.54, 1.807) is 19.1 Å². The molecule has 0 atom stereocenters. The quantitative estimate of drug-likeness (QED) is 0.351. The molecule has 25 heavy (non-hydrogen) atoms. The Balaban J connectivity index is 2.61. The van der Waals surface area contributed by atoms with Gasteiger partial charge < -0.3 is 10.1 Å². The number of nitriles is 1. The molecule has 0 unspecified atom stereocenters. The second kappa shape index (κ2) is 10.3. The molecule has 0 amide bonds. The molecule has 0 saturated heterocycles. The first-order valence-electron chi connectivity index (χ1n) is 7.94. The van der Waals surface area contributed by atoms with Gasteiger partial charge in [-0.05, 0) is 55.9 Å². The number of allylic oxidation sites excluding steroid dienone is 4. The normalized spacial score (nSPS) is 12.2. The van der Waals surface area contributed by atoms with Gasteiger partial charge >= 0.3 is 6.36 Å². The van der Waals surface area contributed by atoms with E-state index < -0.39 is 6.36 Å². The van der Waals surface area contributed by atoms with Gasteiger partial charge in [0.05, 0.1) is 6.07 Å². The van der Waals surface area contributed by atoms with E-state index >= 15 is 0 Å². The number of benzene rings is 1. The molecule has 0 fully saturated rings. The van der Waals surface area contributed by atoms with E-state index in [0.29, 0.717) is 24.1 Å². The summed E-state index contributed by atoms with van der Waals surface area (Å²) in [6.07, 6.45) is 4.12. The Morgan fingerprint density at radius 2 is 2.08 bits per heavy atom. The third-order valence-corrected chi connectivity index (χ3v) is 3.39. The monoisotopic (exact) mass is 350 g/mol. The van der Waals surface area contributed by atoms with E-state index in [-0.39, 0.29) is 5.75 Å². The van der Waals surface area contributed by atoms with Crippen LogP contribution in [0.2, 0.25) is 0 Å². The summed E-state index contributed by atoms with van der Waals surface area (Å²) >= 11 is 0. The molecular formula is C19H21F3N2O. The van der Waals surface area contributed by atoms with Crippen LogP contribution in [0.1, 0.15) is 38.2 Å². The lowest BCUT2D eigenvalue weighted by Gasteiger charge is -2.09. The van der Waals surface area contributed by atoms with Crippen molar-refractivity contribution in [1.82, 2.24) is 0 Å². The highest BCUT2D eigenvalue weighted by Gasteiger charge is 2.30. The molecular weight excluding hydrogens is 329 g/mol. The minimum atomic E-state index is -4.70. The maximum Gasteiger partial charge on any atom is 0.573 e. The summed E-state index contributed by atoms with van der Waals surface area (Å²) in [5.41, 5.74) is 2.07. The lowest BCUT2D eigenvalue weighted by atomic mass is 10.0. The molecule has 1 aromatic carbocycles. The zero-order valence-corrected chi connectivity index (χ0v) is 14.1. The van der Waals surface area contributed by atoms with Crippen LogP contribution in [0, 0.1) is 16.7 Å². The van der Waals surface area contributed by atoms with Crippen LogP contribution in [-0.2, 0) is 6.42 Å². The molecule has 6 heteroatoms. The van der Waals surface area contributed by atoms with E-state index in [2.05, 4.69) is 10.8 Å². The van der Waals surface area contributed by atoms with Crippen LogP contribution in [0.4, 0.5) is 13.2 Å². The summed E-state index contributed by atoms with van der Waals surface area (Å²) in [6, 6.07) is 7.95. The van der Waals surface area contributed by atoms with E-state index in [1.807, 2.05) is 12.2 Å². The minimum Gasteiger partial charge on any atom is -0.406 e. The number of rotatable bonds is 9. The van der Waals surface area contributed by atoms with Gasteiger partial charge in [-0.2, -0.15) is 5.26 Å². The van der Waals surface area contributed by atoms with Crippen LogP contribution in [0.5, 0.6) is 5.75 Å². The lowest BCUT2D eigenvalue weighted by Crippen LogP contribution is -2.17. The molecule has 1 N–H and O–H groups in total. The molecule has 0 saturated carbocycles. The molecule has 0 aliphatic rings. The van der Waals surface area contributed by atoms with Crippen molar-refractivity contribution in [2.75, 3.05) is 0 Å². The summed E-state index contributed by atoms with van der Waals surface area (Å²) in [6.45, 7) is 1.71. The number of alkyl halides is 3. The molecule has 3 nitrogen and oxygen atoms in total. The van der Waals surface area contributed by atoms with Crippen LogP contribution in [0.25, 0.3) is 0 Å². The van der Waals surface area contributed by atoms with Gasteiger partial charge in [-0.25, -0.2) is 0 Å². The average Bonchev–Trinajstić information content (AvgIpc) is 2.51. The molecule has 0 aliphatic heterocycles. The van der Waals surface area contributed by atoms with Crippen LogP contribution >= 0.6 is 0 Å². The second-order valence-corrected chi connectivity index (χ2v) is 5.51. The predicted octanol–water partition coefficient (Wildman–Crippen LogP) is 5.73. The average molecular weight is 350 g/mol. The van der Waals surface area contributed by atoms with Gasteiger partial charge in [-0.3, -0.25) is 0 Å². The number of nitrogens with one attached hydrogen (secondary N) is 1. The Morgan fingerprint density at radius 1 is 1.32 bits per heavy atom. The molecule has 1 rings (SSSR count). The summed E-state index contributed by atoms with van der Waals surface area (Å²) in [5, 5.41) is 16.3. The first kappa shape index (κ1) is 20.5. The Bertz CT molecular complexity index is 670. The maximum atomic E-state index is 12.2. The Hall–Kier alpha value is -2.55. The molecule has 0 heterocycles. The summed E-state index contributed by atoms with van der Waals surface area (Å²) < 4.78 is 40.5. The number of unbranched alkanes of at least 4 members (excludes halogenated alkanes) is 2. The topological polar surface area (TPSA) is 56.9 Å². The Kier molecular flexibility index (Phi) is 8.48. The van der Waals surface area contributed by atoms with Crippen molar-refractivity contribution in [2.24, 2.45) is 0 Å². The number of halogens is 3. The first-order valence-corrected chi connectivity index (χ1v) is 7.94. The van der Waals surface area contributed by atoms with Gasteiger partial charge in [0.25, 0.3) is 0 Å². The fourth-order valence-corrected chi connectivity index (χ4v) is 2.17. The number of ether oxygens (including phenoxy) is 1. The molecule has 0 spiro atoms. The smallest absolute Gasteiger partial charge is 0.406 e. The SMILES string of the molecule is CC(=N)/C(=C\C=C\Cc1cccc(OC(F)(F)F)c1)CCCCC#N.